The maximum absolute atomic E-state index is 11.0. The van der Waals surface area contributed by atoms with Gasteiger partial charge in [0, 0.05) is 58.0 Å². The molecule has 22 heavy (non-hydrogen) atoms. The summed E-state index contributed by atoms with van der Waals surface area (Å²) in [7, 11) is 0. The molecule has 0 rings (SSSR count). The second-order valence-electron chi connectivity index (χ2n) is 4.40. The Balaban J connectivity index is 0. The lowest BCUT2D eigenvalue weighted by molar-refractivity contribution is 0.174. The summed E-state index contributed by atoms with van der Waals surface area (Å²) < 4.78 is 5.60. The monoisotopic (exact) mass is 534 g/mol. The van der Waals surface area contributed by atoms with Crippen molar-refractivity contribution in [2.24, 2.45) is 5.73 Å². The number of carbonyl (C=O) groups is 2. The Kier molecular flexibility index (Phi) is 16.0. The summed E-state index contributed by atoms with van der Waals surface area (Å²) in [6.45, 7) is 2.13. The van der Waals surface area contributed by atoms with Crippen LogP contribution in [0, 0.1) is 19.7 Å². The molecule has 0 aliphatic carbocycles. The lowest BCUT2D eigenvalue weighted by Gasteiger charge is -2.30. The molecule has 0 atom stereocenters. The van der Waals surface area contributed by atoms with Crippen LogP contribution in [0.25, 0.3) is 0 Å². The van der Waals surface area contributed by atoms with E-state index >= 15 is 0 Å². The van der Waals surface area contributed by atoms with Gasteiger partial charge >= 0.3 is 12.2 Å². The van der Waals surface area contributed by atoms with Crippen molar-refractivity contribution in [1.82, 2.24) is 5.32 Å². The number of nitrogens with two attached hydrogens (primary N) is 1. The fourth-order valence-electron chi connectivity index (χ4n) is 1.74. The third-order valence-corrected chi connectivity index (χ3v) is 3.38. The molecule has 0 aromatic rings. The minimum Gasteiger partial charge on any atom is -0.465 e. The molecule has 6 nitrogen and oxygen atoms in total. The molecule has 0 aliphatic heterocycles. The normalized spacial score (nSPS) is 9.05. The Morgan fingerprint density at radius 2 is 1.59 bits per heavy atom. The van der Waals surface area contributed by atoms with Crippen LogP contribution in [0.15, 0.2) is 0 Å². The van der Waals surface area contributed by atoms with Gasteiger partial charge in [-0.15, -0.1) is 0 Å². The molecule has 0 unspecified atom stereocenters. The van der Waals surface area contributed by atoms with Crippen molar-refractivity contribution >= 4 is 57.4 Å². The molecule has 0 saturated heterocycles. The van der Waals surface area contributed by atoms with Crippen LogP contribution in [0.4, 0.5) is 9.59 Å². The minimum atomic E-state index is -1.33. The molecule has 0 spiro atoms. The van der Waals surface area contributed by atoms with Gasteiger partial charge in [-0.1, -0.05) is 38.0 Å². The van der Waals surface area contributed by atoms with Crippen LogP contribution in [0.1, 0.15) is 45.4 Å². The van der Waals surface area contributed by atoms with E-state index in [9.17, 15) is 4.79 Å². The molecule has 2 amide bonds. The highest BCUT2D eigenvalue weighted by molar-refractivity contribution is 14.1. The largest absolute Gasteiger partial charge is 0.465 e. The summed E-state index contributed by atoms with van der Waals surface area (Å²) in [4.78, 5) is 19.7. The van der Waals surface area contributed by atoms with Gasteiger partial charge in [0.15, 0.2) is 0 Å². The number of rotatable bonds is 7. The van der Waals surface area contributed by atoms with Crippen molar-refractivity contribution in [3.8, 4) is 19.7 Å². The molecule has 0 heterocycles. The summed E-state index contributed by atoms with van der Waals surface area (Å²) in [6, 6.07) is 0. The maximum Gasteiger partial charge on any atom is 0.405 e. The molecule has 0 bridgehead atoms. The molecule has 124 valence electrons. The van der Waals surface area contributed by atoms with E-state index in [0.29, 0.717) is 12.8 Å². The molecular formula is C14H20I2N2O4. The number of carboxylic acid groups (broad SMARTS) is 2. The van der Waals surface area contributed by atoms with Crippen molar-refractivity contribution in [2.75, 3.05) is 0 Å². The van der Waals surface area contributed by atoms with E-state index < -0.39 is 17.7 Å². The molecule has 0 fully saturated rings. The molecule has 0 aromatic carbocycles. The first-order valence-corrected chi connectivity index (χ1v) is 8.65. The molecule has 0 saturated carbocycles. The van der Waals surface area contributed by atoms with Gasteiger partial charge in [0.25, 0.3) is 0 Å². The van der Waals surface area contributed by atoms with Crippen LogP contribution in [0.3, 0.4) is 0 Å². The Morgan fingerprint density at radius 1 is 1.14 bits per heavy atom. The molecular weight excluding hydrogens is 514 g/mol. The Labute approximate surface area is 158 Å². The zero-order valence-corrected chi connectivity index (χ0v) is 16.6. The summed E-state index contributed by atoms with van der Waals surface area (Å²) in [6.07, 6.45) is 2.66. The lowest BCUT2D eigenvalue weighted by atomic mass is 9.86. The predicted octanol–water partition coefficient (Wildman–Crippen LogP) is 3.77. The molecule has 0 radical (unpaired) electrons. The third-order valence-electron chi connectivity index (χ3n) is 2.62. The first-order valence-electron chi connectivity index (χ1n) is 6.50. The maximum atomic E-state index is 11.0. The summed E-state index contributed by atoms with van der Waals surface area (Å²) >= 11 is 3.94. The van der Waals surface area contributed by atoms with Gasteiger partial charge in [-0.2, -0.15) is 0 Å². The predicted molar refractivity (Wildman–Crippen MR) is 103 cm³/mol. The van der Waals surface area contributed by atoms with Crippen molar-refractivity contribution < 1.29 is 19.8 Å². The third kappa shape index (κ3) is 15.5. The average Bonchev–Trinajstić information content (AvgIpc) is 2.42. The number of hydrogen-bond acceptors (Lipinski definition) is 2. The molecule has 0 aliphatic rings. The first-order chi connectivity index (χ1) is 10.3. The van der Waals surface area contributed by atoms with E-state index in [1.165, 1.54) is 0 Å². The number of hydrogen-bond donors (Lipinski definition) is 4. The fourth-order valence-corrected chi connectivity index (χ4v) is 2.12. The molecule has 5 N–H and O–H groups in total. The topological polar surface area (TPSA) is 113 Å². The van der Waals surface area contributed by atoms with Gasteiger partial charge in [-0.3, -0.25) is 0 Å². The van der Waals surface area contributed by atoms with Crippen LogP contribution < -0.4 is 11.1 Å². The van der Waals surface area contributed by atoms with Crippen LogP contribution in [-0.4, -0.2) is 27.9 Å². The fraction of sp³-hybridized carbons (Fsp3) is 0.571. The van der Waals surface area contributed by atoms with Crippen molar-refractivity contribution in [1.29, 1.82) is 0 Å². The van der Waals surface area contributed by atoms with Gasteiger partial charge in [0.1, 0.15) is 0 Å². The quantitative estimate of drug-likeness (QED) is 0.227. The van der Waals surface area contributed by atoms with E-state index in [1.807, 2.05) is 45.2 Å². The second-order valence-corrected chi connectivity index (χ2v) is 5.48. The van der Waals surface area contributed by atoms with Crippen molar-refractivity contribution in [3.63, 3.8) is 0 Å². The highest BCUT2D eigenvalue weighted by Gasteiger charge is 2.29. The van der Waals surface area contributed by atoms with E-state index in [1.54, 1.807) is 0 Å². The summed E-state index contributed by atoms with van der Waals surface area (Å²) in [5.74, 6) is 5.94. The van der Waals surface area contributed by atoms with E-state index in [0.717, 1.165) is 25.7 Å². The van der Waals surface area contributed by atoms with Crippen LogP contribution >= 0.6 is 45.2 Å². The van der Waals surface area contributed by atoms with Gasteiger partial charge in [-0.25, -0.2) is 9.59 Å². The summed E-state index contributed by atoms with van der Waals surface area (Å²) in [5.41, 5.74) is 3.50. The lowest BCUT2D eigenvalue weighted by Crippen LogP contribution is -2.47. The molecule has 8 heteroatoms. The van der Waals surface area contributed by atoms with Crippen molar-refractivity contribution in [3.05, 3.63) is 0 Å². The highest BCUT2D eigenvalue weighted by Crippen LogP contribution is 2.23. The minimum absolute atomic E-state index is 0.511. The van der Waals surface area contributed by atoms with Gasteiger partial charge in [-0.05, 0) is 14.3 Å². The Bertz CT molecular complexity index is 435. The second kappa shape index (κ2) is 15.0. The Morgan fingerprint density at radius 3 is 1.91 bits per heavy atom. The van der Waals surface area contributed by atoms with Crippen LogP contribution in [0.2, 0.25) is 0 Å². The number of primary amides is 1. The number of halogens is 2. The highest BCUT2D eigenvalue weighted by atomic mass is 127. The molecule has 0 aromatic heterocycles. The number of amides is 2. The van der Waals surface area contributed by atoms with E-state index in [-0.39, 0.29) is 0 Å². The summed E-state index contributed by atoms with van der Waals surface area (Å²) in [5, 5.41) is 18.8. The standard InChI is InChI=1S/C13H17I2NO2.CH3NO2/c1-2-3-4-7-13(8-5-10-14,9-6-11-15)16-12(17)18;2-1(3)4/h16H,2-4,7-9H2,1H3,(H,17,18);2H2,(H,3,4). The Hall–Kier alpha value is -0.880. The van der Waals surface area contributed by atoms with E-state index in [4.69, 9.17) is 15.0 Å². The van der Waals surface area contributed by atoms with Gasteiger partial charge < -0.3 is 21.3 Å². The SMILES string of the molecule is CCCCCC(CC#CI)(CC#CI)NC(=O)O.NC(=O)O. The zero-order valence-electron chi connectivity index (χ0n) is 12.3. The van der Waals surface area contributed by atoms with Gasteiger partial charge in [0.2, 0.25) is 0 Å². The van der Waals surface area contributed by atoms with Gasteiger partial charge in [0.05, 0.1) is 5.54 Å². The average molecular weight is 534 g/mol. The smallest absolute Gasteiger partial charge is 0.405 e. The first kappa shape index (κ1) is 23.4. The van der Waals surface area contributed by atoms with Crippen molar-refractivity contribution in [2.45, 2.75) is 51.0 Å². The van der Waals surface area contributed by atoms with Crippen LogP contribution in [0.5, 0.6) is 0 Å². The number of unbranched alkanes of at least 4 members (excludes halogenated alkanes) is 2. The van der Waals surface area contributed by atoms with Crippen LogP contribution in [-0.2, 0) is 0 Å². The number of nitrogens with one attached hydrogen (secondary N) is 1. The zero-order chi connectivity index (χ0) is 17.4. The van der Waals surface area contributed by atoms with E-state index in [2.05, 4.69) is 37.7 Å².